The molecule has 1 unspecified atom stereocenters. The molecule has 2 rings (SSSR count). The summed E-state index contributed by atoms with van der Waals surface area (Å²) in [5.41, 5.74) is 2.72. The van der Waals surface area contributed by atoms with Crippen LogP contribution in [0.3, 0.4) is 0 Å². The van der Waals surface area contributed by atoms with Crippen LogP contribution < -0.4 is 5.32 Å². The first-order valence-corrected chi connectivity index (χ1v) is 6.44. The molecule has 0 aliphatic carbocycles. The molecule has 0 fully saturated rings. The number of hydrogen-bond acceptors (Lipinski definition) is 2. The van der Waals surface area contributed by atoms with Gasteiger partial charge in [-0.1, -0.05) is 30.3 Å². The van der Waals surface area contributed by atoms with Crippen molar-refractivity contribution in [3.8, 4) is 0 Å². The lowest BCUT2D eigenvalue weighted by atomic mass is 9.94. The Morgan fingerprint density at radius 1 is 1.17 bits per heavy atom. The molecule has 1 aromatic carbocycles. The first-order valence-electron chi connectivity index (χ1n) is 6.44. The van der Waals surface area contributed by atoms with Crippen molar-refractivity contribution >= 4 is 0 Å². The zero-order valence-corrected chi connectivity index (χ0v) is 11.1. The number of benzene rings is 1. The number of nitrogens with zero attached hydrogens (tertiary/aromatic N) is 2. The van der Waals surface area contributed by atoms with E-state index in [0.29, 0.717) is 5.92 Å². The van der Waals surface area contributed by atoms with Crippen molar-refractivity contribution < 1.29 is 0 Å². The molecule has 3 nitrogen and oxygen atoms in total. The Labute approximate surface area is 109 Å². The van der Waals surface area contributed by atoms with Gasteiger partial charge in [0.15, 0.2) is 0 Å². The fourth-order valence-electron chi connectivity index (χ4n) is 2.36. The standard InChI is InChI=1S/C15H21N3/c1-16-10-14(8-13-6-4-3-5-7-13)9-15-11-17-18(2)12-15/h3-7,11-12,14,16H,8-10H2,1-2H3. The smallest absolute Gasteiger partial charge is 0.0521 e. The van der Waals surface area contributed by atoms with E-state index in [1.54, 1.807) is 0 Å². The van der Waals surface area contributed by atoms with Crippen molar-refractivity contribution in [3.05, 3.63) is 53.9 Å². The van der Waals surface area contributed by atoms with Crippen molar-refractivity contribution in [1.82, 2.24) is 15.1 Å². The van der Waals surface area contributed by atoms with Crippen LogP contribution in [0.2, 0.25) is 0 Å². The van der Waals surface area contributed by atoms with Crippen molar-refractivity contribution in [2.24, 2.45) is 13.0 Å². The third-order valence-corrected chi connectivity index (χ3v) is 3.14. The first-order chi connectivity index (χ1) is 8.78. The summed E-state index contributed by atoms with van der Waals surface area (Å²) >= 11 is 0. The first kappa shape index (κ1) is 12.8. The van der Waals surface area contributed by atoms with E-state index in [-0.39, 0.29) is 0 Å². The second kappa shape index (κ2) is 6.36. The largest absolute Gasteiger partial charge is 0.319 e. The van der Waals surface area contributed by atoms with Gasteiger partial charge in [-0.2, -0.15) is 5.10 Å². The molecule has 3 heteroatoms. The molecule has 1 heterocycles. The molecule has 2 aromatic rings. The van der Waals surface area contributed by atoms with Crippen molar-refractivity contribution in [2.45, 2.75) is 12.8 Å². The van der Waals surface area contributed by atoms with Crippen LogP contribution in [0.4, 0.5) is 0 Å². The van der Waals surface area contributed by atoms with Gasteiger partial charge < -0.3 is 5.32 Å². The molecule has 0 radical (unpaired) electrons. The lowest BCUT2D eigenvalue weighted by molar-refractivity contribution is 0.493. The van der Waals surface area contributed by atoms with Gasteiger partial charge in [0.05, 0.1) is 6.20 Å². The maximum absolute atomic E-state index is 4.23. The van der Waals surface area contributed by atoms with Gasteiger partial charge in [-0.3, -0.25) is 4.68 Å². The number of rotatable bonds is 6. The number of nitrogens with one attached hydrogen (secondary N) is 1. The molecular weight excluding hydrogens is 222 g/mol. The number of hydrogen-bond donors (Lipinski definition) is 1. The zero-order chi connectivity index (χ0) is 12.8. The molecule has 0 saturated carbocycles. The summed E-state index contributed by atoms with van der Waals surface area (Å²) in [7, 11) is 3.98. The zero-order valence-electron chi connectivity index (χ0n) is 11.1. The minimum Gasteiger partial charge on any atom is -0.319 e. The van der Waals surface area contributed by atoms with Gasteiger partial charge in [0.1, 0.15) is 0 Å². The van der Waals surface area contributed by atoms with Crippen LogP contribution in [-0.4, -0.2) is 23.4 Å². The van der Waals surface area contributed by atoms with Gasteiger partial charge in [0, 0.05) is 13.2 Å². The average molecular weight is 243 g/mol. The van der Waals surface area contributed by atoms with E-state index in [0.717, 1.165) is 19.4 Å². The summed E-state index contributed by atoms with van der Waals surface area (Å²) in [4.78, 5) is 0. The van der Waals surface area contributed by atoms with Crippen LogP contribution in [0.1, 0.15) is 11.1 Å². The van der Waals surface area contributed by atoms with E-state index in [1.807, 2.05) is 25.0 Å². The molecule has 0 spiro atoms. The topological polar surface area (TPSA) is 29.9 Å². The summed E-state index contributed by atoms with van der Waals surface area (Å²) in [6.45, 7) is 1.03. The Morgan fingerprint density at radius 3 is 2.50 bits per heavy atom. The predicted molar refractivity (Wildman–Crippen MR) is 74.5 cm³/mol. The summed E-state index contributed by atoms with van der Waals surface area (Å²) < 4.78 is 1.87. The highest BCUT2D eigenvalue weighted by Crippen LogP contribution is 2.13. The van der Waals surface area contributed by atoms with Crippen molar-refractivity contribution in [2.75, 3.05) is 13.6 Å². The van der Waals surface area contributed by atoms with E-state index >= 15 is 0 Å². The molecule has 96 valence electrons. The van der Waals surface area contributed by atoms with E-state index in [9.17, 15) is 0 Å². The van der Waals surface area contributed by atoms with Crippen LogP contribution >= 0.6 is 0 Å². The summed E-state index contributed by atoms with van der Waals surface area (Å²) in [6.07, 6.45) is 6.25. The monoisotopic (exact) mass is 243 g/mol. The maximum Gasteiger partial charge on any atom is 0.0521 e. The van der Waals surface area contributed by atoms with Crippen LogP contribution in [0.5, 0.6) is 0 Å². The third-order valence-electron chi connectivity index (χ3n) is 3.14. The third kappa shape index (κ3) is 3.70. The Hall–Kier alpha value is -1.61. The van der Waals surface area contributed by atoms with Crippen LogP contribution in [0.25, 0.3) is 0 Å². The number of aryl methyl sites for hydroxylation is 1. The van der Waals surface area contributed by atoms with E-state index < -0.39 is 0 Å². The maximum atomic E-state index is 4.23. The normalized spacial score (nSPS) is 12.6. The van der Waals surface area contributed by atoms with Gasteiger partial charge in [-0.15, -0.1) is 0 Å². The second-order valence-electron chi connectivity index (χ2n) is 4.84. The Morgan fingerprint density at radius 2 is 1.89 bits per heavy atom. The minimum atomic E-state index is 0.613. The second-order valence-corrected chi connectivity index (χ2v) is 4.84. The summed E-state index contributed by atoms with van der Waals surface area (Å²) in [6, 6.07) is 10.7. The highest BCUT2D eigenvalue weighted by Gasteiger charge is 2.11. The Bertz CT molecular complexity index is 462. The van der Waals surface area contributed by atoms with Crippen molar-refractivity contribution in [3.63, 3.8) is 0 Å². The van der Waals surface area contributed by atoms with Crippen LogP contribution in [0.15, 0.2) is 42.7 Å². The SMILES string of the molecule is CNCC(Cc1ccccc1)Cc1cnn(C)c1. The Balaban J connectivity index is 1.99. The summed E-state index contributed by atoms with van der Waals surface area (Å²) in [5.74, 6) is 0.613. The number of aromatic nitrogens is 2. The highest BCUT2D eigenvalue weighted by atomic mass is 15.2. The van der Waals surface area contributed by atoms with Gasteiger partial charge in [0.25, 0.3) is 0 Å². The molecule has 1 aromatic heterocycles. The lowest BCUT2D eigenvalue weighted by Crippen LogP contribution is -2.22. The minimum absolute atomic E-state index is 0.613. The van der Waals surface area contributed by atoms with E-state index in [4.69, 9.17) is 0 Å². The fraction of sp³-hybridized carbons (Fsp3) is 0.400. The van der Waals surface area contributed by atoms with E-state index in [2.05, 4.69) is 46.9 Å². The lowest BCUT2D eigenvalue weighted by Gasteiger charge is -2.15. The quantitative estimate of drug-likeness (QED) is 0.841. The molecular formula is C15H21N3. The van der Waals surface area contributed by atoms with Gasteiger partial charge in [-0.05, 0) is 43.5 Å². The highest BCUT2D eigenvalue weighted by molar-refractivity contribution is 5.16. The average Bonchev–Trinajstić information content (AvgIpc) is 2.76. The molecule has 0 bridgehead atoms. The predicted octanol–water partition coefficient (Wildman–Crippen LogP) is 2.04. The van der Waals surface area contributed by atoms with Gasteiger partial charge >= 0.3 is 0 Å². The molecule has 1 N–H and O–H groups in total. The van der Waals surface area contributed by atoms with Gasteiger partial charge in [-0.25, -0.2) is 0 Å². The summed E-state index contributed by atoms with van der Waals surface area (Å²) in [5, 5.41) is 7.52. The molecule has 0 amide bonds. The molecule has 0 aliphatic heterocycles. The van der Waals surface area contributed by atoms with Gasteiger partial charge in [0.2, 0.25) is 0 Å². The molecule has 18 heavy (non-hydrogen) atoms. The van der Waals surface area contributed by atoms with Crippen LogP contribution in [-0.2, 0) is 19.9 Å². The van der Waals surface area contributed by atoms with Crippen LogP contribution in [0, 0.1) is 5.92 Å². The Kier molecular flexibility index (Phi) is 4.53. The van der Waals surface area contributed by atoms with E-state index in [1.165, 1.54) is 11.1 Å². The molecule has 0 saturated heterocycles. The molecule has 1 atom stereocenters. The fourth-order valence-corrected chi connectivity index (χ4v) is 2.36. The van der Waals surface area contributed by atoms with Crippen molar-refractivity contribution in [1.29, 1.82) is 0 Å². The molecule has 0 aliphatic rings.